The second kappa shape index (κ2) is 8.78. The standard InChI is InChI=1S/C13H26F3N/c1-4-6-7-11(3)12(17-10-5-2)8-9-13(14,15)16/h11-12,17H,4-10H2,1-3H3. The minimum Gasteiger partial charge on any atom is -0.314 e. The average molecular weight is 253 g/mol. The molecule has 0 rings (SSSR count). The third-order valence-corrected chi connectivity index (χ3v) is 3.10. The molecule has 17 heavy (non-hydrogen) atoms. The highest BCUT2D eigenvalue weighted by atomic mass is 19.4. The molecule has 0 aliphatic carbocycles. The van der Waals surface area contributed by atoms with Gasteiger partial charge in [-0.1, -0.05) is 33.6 Å². The third kappa shape index (κ3) is 9.45. The van der Waals surface area contributed by atoms with Crippen LogP contribution in [0.1, 0.15) is 59.3 Å². The largest absolute Gasteiger partial charge is 0.389 e. The Labute approximate surface area is 103 Å². The number of alkyl halides is 3. The first kappa shape index (κ1) is 16.8. The maximum Gasteiger partial charge on any atom is 0.389 e. The van der Waals surface area contributed by atoms with Crippen molar-refractivity contribution < 1.29 is 13.2 Å². The molecule has 0 amide bonds. The zero-order chi connectivity index (χ0) is 13.3. The van der Waals surface area contributed by atoms with Gasteiger partial charge in [0.2, 0.25) is 0 Å². The van der Waals surface area contributed by atoms with E-state index in [9.17, 15) is 13.2 Å². The van der Waals surface area contributed by atoms with Gasteiger partial charge in [-0.15, -0.1) is 0 Å². The molecule has 0 heterocycles. The fourth-order valence-corrected chi connectivity index (χ4v) is 1.96. The molecule has 104 valence electrons. The van der Waals surface area contributed by atoms with Crippen molar-refractivity contribution in [2.75, 3.05) is 6.54 Å². The second-order valence-electron chi connectivity index (χ2n) is 4.83. The van der Waals surface area contributed by atoms with E-state index in [4.69, 9.17) is 0 Å². The van der Waals surface area contributed by atoms with Gasteiger partial charge in [0.25, 0.3) is 0 Å². The highest BCUT2D eigenvalue weighted by molar-refractivity contribution is 4.74. The van der Waals surface area contributed by atoms with E-state index in [2.05, 4.69) is 19.2 Å². The van der Waals surface area contributed by atoms with Crippen molar-refractivity contribution in [2.45, 2.75) is 71.5 Å². The first-order valence-corrected chi connectivity index (χ1v) is 6.70. The Morgan fingerprint density at radius 2 is 1.71 bits per heavy atom. The molecule has 0 aromatic rings. The lowest BCUT2D eigenvalue weighted by molar-refractivity contribution is -0.137. The van der Waals surface area contributed by atoms with Crippen molar-refractivity contribution in [3.63, 3.8) is 0 Å². The molecule has 0 saturated heterocycles. The van der Waals surface area contributed by atoms with E-state index >= 15 is 0 Å². The number of nitrogens with one attached hydrogen (secondary N) is 1. The SMILES string of the molecule is CCCCC(C)C(CCC(F)(F)F)NCCC. The van der Waals surface area contributed by atoms with Crippen LogP contribution in [-0.4, -0.2) is 18.8 Å². The van der Waals surface area contributed by atoms with Crippen LogP contribution in [0.3, 0.4) is 0 Å². The van der Waals surface area contributed by atoms with Crippen molar-refractivity contribution >= 4 is 0 Å². The summed E-state index contributed by atoms with van der Waals surface area (Å²) in [6.45, 7) is 7.00. The quantitative estimate of drug-likeness (QED) is 0.637. The monoisotopic (exact) mass is 253 g/mol. The fourth-order valence-electron chi connectivity index (χ4n) is 1.96. The lowest BCUT2D eigenvalue weighted by atomic mass is 9.92. The molecule has 0 radical (unpaired) electrons. The fraction of sp³-hybridized carbons (Fsp3) is 1.00. The molecule has 0 aromatic carbocycles. The number of halogens is 3. The number of hydrogen-bond donors (Lipinski definition) is 1. The van der Waals surface area contributed by atoms with Crippen LogP contribution in [0.2, 0.25) is 0 Å². The smallest absolute Gasteiger partial charge is 0.314 e. The molecule has 0 fully saturated rings. The summed E-state index contributed by atoms with van der Waals surface area (Å²) in [5.41, 5.74) is 0. The Morgan fingerprint density at radius 3 is 2.18 bits per heavy atom. The van der Waals surface area contributed by atoms with Crippen LogP contribution in [0.4, 0.5) is 13.2 Å². The predicted octanol–water partition coefficient (Wildman–Crippen LogP) is 4.52. The molecule has 0 bridgehead atoms. The summed E-state index contributed by atoms with van der Waals surface area (Å²) < 4.78 is 36.7. The molecule has 0 saturated carbocycles. The molecular weight excluding hydrogens is 227 g/mol. The van der Waals surface area contributed by atoms with Gasteiger partial charge in [0, 0.05) is 12.5 Å². The Morgan fingerprint density at radius 1 is 1.06 bits per heavy atom. The topological polar surface area (TPSA) is 12.0 Å². The van der Waals surface area contributed by atoms with Gasteiger partial charge in [0.15, 0.2) is 0 Å². The van der Waals surface area contributed by atoms with Crippen LogP contribution in [0.15, 0.2) is 0 Å². The highest BCUT2D eigenvalue weighted by Crippen LogP contribution is 2.25. The second-order valence-corrected chi connectivity index (χ2v) is 4.83. The minimum atomic E-state index is -4.03. The van der Waals surface area contributed by atoms with Crippen molar-refractivity contribution in [3.8, 4) is 0 Å². The Kier molecular flexibility index (Phi) is 8.66. The molecule has 0 aromatic heterocycles. The summed E-state index contributed by atoms with van der Waals surface area (Å²) in [4.78, 5) is 0. The lowest BCUT2D eigenvalue weighted by Crippen LogP contribution is -2.36. The van der Waals surface area contributed by atoms with Crippen molar-refractivity contribution in [2.24, 2.45) is 5.92 Å². The highest BCUT2D eigenvalue weighted by Gasteiger charge is 2.29. The van der Waals surface area contributed by atoms with Gasteiger partial charge in [0.05, 0.1) is 0 Å². The lowest BCUT2D eigenvalue weighted by Gasteiger charge is -2.25. The van der Waals surface area contributed by atoms with Gasteiger partial charge in [-0.3, -0.25) is 0 Å². The van der Waals surface area contributed by atoms with Crippen LogP contribution in [-0.2, 0) is 0 Å². The third-order valence-electron chi connectivity index (χ3n) is 3.10. The van der Waals surface area contributed by atoms with E-state index in [1.807, 2.05) is 6.92 Å². The number of unbranched alkanes of at least 4 members (excludes halogenated alkanes) is 1. The Balaban J connectivity index is 4.11. The van der Waals surface area contributed by atoms with Crippen LogP contribution >= 0.6 is 0 Å². The molecule has 0 aliphatic heterocycles. The van der Waals surface area contributed by atoms with E-state index in [1.54, 1.807) is 0 Å². The van der Waals surface area contributed by atoms with Gasteiger partial charge in [-0.2, -0.15) is 13.2 Å². The van der Waals surface area contributed by atoms with Gasteiger partial charge in [-0.05, 0) is 31.7 Å². The van der Waals surface area contributed by atoms with E-state index in [1.165, 1.54) is 0 Å². The molecule has 1 N–H and O–H groups in total. The Hall–Kier alpha value is -0.250. The molecule has 1 nitrogen and oxygen atoms in total. The van der Waals surface area contributed by atoms with Crippen LogP contribution < -0.4 is 5.32 Å². The van der Waals surface area contributed by atoms with E-state index in [0.29, 0.717) is 5.92 Å². The van der Waals surface area contributed by atoms with Crippen LogP contribution in [0, 0.1) is 5.92 Å². The summed E-state index contributed by atoms with van der Waals surface area (Å²) in [5.74, 6) is 0.323. The summed E-state index contributed by atoms with van der Waals surface area (Å²) in [6, 6.07) is 0.00289. The summed E-state index contributed by atoms with van der Waals surface area (Å²) in [7, 11) is 0. The minimum absolute atomic E-state index is 0.00289. The van der Waals surface area contributed by atoms with Crippen molar-refractivity contribution in [3.05, 3.63) is 0 Å². The maximum absolute atomic E-state index is 12.2. The van der Waals surface area contributed by atoms with Gasteiger partial charge < -0.3 is 5.32 Å². The van der Waals surface area contributed by atoms with Crippen LogP contribution in [0.5, 0.6) is 0 Å². The van der Waals surface area contributed by atoms with E-state index in [-0.39, 0.29) is 12.5 Å². The zero-order valence-electron chi connectivity index (χ0n) is 11.2. The van der Waals surface area contributed by atoms with Crippen molar-refractivity contribution in [1.82, 2.24) is 5.32 Å². The summed E-state index contributed by atoms with van der Waals surface area (Å²) in [5, 5.41) is 3.25. The normalized spacial score (nSPS) is 15.9. The van der Waals surface area contributed by atoms with E-state index in [0.717, 1.165) is 32.2 Å². The summed E-state index contributed by atoms with van der Waals surface area (Å²) >= 11 is 0. The summed E-state index contributed by atoms with van der Waals surface area (Å²) in [6.07, 6.45) is -0.337. The maximum atomic E-state index is 12.2. The molecule has 0 aliphatic rings. The van der Waals surface area contributed by atoms with Gasteiger partial charge >= 0.3 is 6.18 Å². The molecule has 0 spiro atoms. The molecule has 4 heteroatoms. The first-order chi connectivity index (χ1) is 7.90. The zero-order valence-corrected chi connectivity index (χ0v) is 11.2. The number of rotatable bonds is 9. The van der Waals surface area contributed by atoms with Gasteiger partial charge in [0.1, 0.15) is 0 Å². The molecular formula is C13H26F3N. The van der Waals surface area contributed by atoms with Crippen molar-refractivity contribution in [1.29, 1.82) is 0 Å². The van der Waals surface area contributed by atoms with Crippen LogP contribution in [0.25, 0.3) is 0 Å². The average Bonchev–Trinajstić information content (AvgIpc) is 2.24. The molecule has 2 unspecified atom stereocenters. The van der Waals surface area contributed by atoms with Gasteiger partial charge in [-0.25, -0.2) is 0 Å². The number of hydrogen-bond acceptors (Lipinski definition) is 1. The predicted molar refractivity (Wildman–Crippen MR) is 66.1 cm³/mol. The molecule has 2 atom stereocenters. The van der Waals surface area contributed by atoms with E-state index < -0.39 is 12.6 Å². The Bertz CT molecular complexity index is 180. The first-order valence-electron chi connectivity index (χ1n) is 6.70.